The summed E-state index contributed by atoms with van der Waals surface area (Å²) in [4.78, 5) is 0. The van der Waals surface area contributed by atoms with Crippen molar-refractivity contribution in [2.75, 3.05) is 0 Å². The molecule has 13 rings (SSSR count). The smallest absolute Gasteiger partial charge is 0.100 e. The zero-order valence-electron chi connectivity index (χ0n) is 35.4. The Kier molecular flexibility index (Phi) is 8.10. The van der Waals surface area contributed by atoms with Crippen LogP contribution in [0, 0.1) is 34.0 Å². The number of allylic oxidation sites excluding steroid dienone is 3. The van der Waals surface area contributed by atoms with Gasteiger partial charge in [0.05, 0.1) is 16.7 Å². The number of nitrogens with zero attached hydrogens (tertiary/aromatic N) is 3. The maximum absolute atomic E-state index is 11.7. The number of hydrogen-bond acceptors (Lipinski definition) is 3. The van der Waals surface area contributed by atoms with Gasteiger partial charge >= 0.3 is 0 Å². The maximum atomic E-state index is 11.7. The number of fused-ring (bicyclic) bond motifs is 15. The average molecular weight is 832 g/mol. The molecule has 66 heavy (non-hydrogen) atoms. The van der Waals surface area contributed by atoms with Crippen LogP contribution >= 0.6 is 0 Å². The molecule has 0 heterocycles. The molecule has 0 radical (unpaired) electrons. The Bertz CT molecular complexity index is 3620. The van der Waals surface area contributed by atoms with Gasteiger partial charge < -0.3 is 0 Å². The number of nitriles is 3. The van der Waals surface area contributed by atoms with E-state index in [9.17, 15) is 15.8 Å². The van der Waals surface area contributed by atoms with Crippen LogP contribution in [0.4, 0.5) is 0 Å². The van der Waals surface area contributed by atoms with Crippen LogP contribution in [0.2, 0.25) is 0 Å². The second kappa shape index (κ2) is 14.4. The molecule has 3 nitrogen and oxygen atoms in total. The number of benzene rings is 10. The van der Waals surface area contributed by atoms with Gasteiger partial charge in [0.15, 0.2) is 0 Å². The van der Waals surface area contributed by atoms with Gasteiger partial charge in [-0.15, -0.1) is 0 Å². The number of hydrogen-bond donors (Lipinski definition) is 0. The summed E-state index contributed by atoms with van der Waals surface area (Å²) in [6.45, 7) is 0. The zero-order chi connectivity index (χ0) is 44.0. The highest BCUT2D eigenvalue weighted by Gasteiger charge is 2.45. The minimum absolute atomic E-state index is 0.570. The first-order valence-corrected chi connectivity index (χ1v) is 22.1. The summed E-state index contributed by atoms with van der Waals surface area (Å²) in [5, 5.41) is 41.1. The van der Waals surface area contributed by atoms with Crippen molar-refractivity contribution in [3.63, 3.8) is 0 Å². The third kappa shape index (κ3) is 5.05. The summed E-state index contributed by atoms with van der Waals surface area (Å²) in [6, 6.07) is 76.9. The Balaban J connectivity index is 1.30. The van der Waals surface area contributed by atoms with E-state index in [4.69, 9.17) is 0 Å². The third-order valence-corrected chi connectivity index (χ3v) is 13.9. The Hall–Kier alpha value is -9.33. The van der Waals surface area contributed by atoms with Gasteiger partial charge in [0.1, 0.15) is 18.2 Å². The molecule has 0 amide bonds. The highest BCUT2D eigenvalue weighted by atomic mass is 14.5. The normalized spacial score (nSPS) is 14.9. The molecule has 0 aliphatic heterocycles. The van der Waals surface area contributed by atoms with E-state index in [2.05, 4.69) is 164 Å². The van der Waals surface area contributed by atoms with Crippen molar-refractivity contribution in [3.05, 3.63) is 250 Å². The lowest BCUT2D eigenvalue weighted by Crippen LogP contribution is -2.00. The van der Waals surface area contributed by atoms with Crippen molar-refractivity contribution < 1.29 is 0 Å². The summed E-state index contributed by atoms with van der Waals surface area (Å²) < 4.78 is 0. The van der Waals surface area contributed by atoms with Crippen molar-refractivity contribution in [2.24, 2.45) is 0 Å². The van der Waals surface area contributed by atoms with Gasteiger partial charge in [-0.25, -0.2) is 0 Å². The molecule has 0 fully saturated rings. The van der Waals surface area contributed by atoms with Crippen LogP contribution < -0.4 is 0 Å². The Labute approximate surface area is 381 Å². The zero-order valence-corrected chi connectivity index (χ0v) is 35.4. The minimum atomic E-state index is 0.570. The fraction of sp³-hybridized carbons (Fsp3) is 0. The molecule has 300 valence electrons. The summed E-state index contributed by atoms with van der Waals surface area (Å²) in [5.41, 5.74) is 18.4. The SMILES string of the molecule is N#C/C(=C1/c2ccccc2-c2c1c1c(c3c2/C(=C(\C#N)c2cccc4ccccc24)c2ccccc2-3)/C(=C(\C#N)c2cccc3ccccc23)c2ccccc2-1)c1cccc2ccccc12. The van der Waals surface area contributed by atoms with E-state index in [1.165, 1.54) is 0 Å². The van der Waals surface area contributed by atoms with Crippen LogP contribution in [0.15, 0.2) is 200 Å². The second-order valence-corrected chi connectivity index (χ2v) is 17.1. The Morgan fingerprint density at radius 3 is 0.773 bits per heavy atom. The van der Waals surface area contributed by atoms with Gasteiger partial charge in [-0.2, -0.15) is 15.8 Å². The molecule has 3 heteroatoms. The largest absolute Gasteiger partial charge is 0.192 e. The molecule has 3 aliphatic rings. The highest BCUT2D eigenvalue weighted by Crippen LogP contribution is 2.66. The van der Waals surface area contributed by atoms with E-state index in [-0.39, 0.29) is 0 Å². The molecule has 0 atom stereocenters. The summed E-state index contributed by atoms with van der Waals surface area (Å²) in [6.07, 6.45) is 0. The van der Waals surface area contributed by atoms with Crippen molar-refractivity contribution in [3.8, 4) is 51.6 Å². The van der Waals surface area contributed by atoms with E-state index in [0.717, 1.165) is 132 Å². The fourth-order valence-electron chi connectivity index (χ4n) is 11.3. The second-order valence-electron chi connectivity index (χ2n) is 17.1. The Morgan fingerprint density at radius 1 is 0.242 bits per heavy atom. The molecule has 0 N–H and O–H groups in total. The molecule has 0 unspecified atom stereocenters. The molecule has 3 aliphatic carbocycles. The quantitative estimate of drug-likeness (QED) is 0.167. The van der Waals surface area contributed by atoms with Crippen LogP contribution in [-0.2, 0) is 0 Å². The molecule has 0 aromatic heterocycles. The van der Waals surface area contributed by atoms with Gasteiger partial charge in [0.25, 0.3) is 0 Å². The predicted molar refractivity (Wildman–Crippen MR) is 269 cm³/mol. The molecular formula is C63H33N3. The van der Waals surface area contributed by atoms with Crippen LogP contribution in [0.3, 0.4) is 0 Å². The minimum Gasteiger partial charge on any atom is -0.192 e. The van der Waals surface area contributed by atoms with E-state index < -0.39 is 0 Å². The molecular weight excluding hydrogens is 799 g/mol. The first-order valence-electron chi connectivity index (χ1n) is 22.1. The van der Waals surface area contributed by atoms with Crippen LogP contribution in [0.5, 0.6) is 0 Å². The molecule has 10 aromatic carbocycles. The van der Waals surface area contributed by atoms with Gasteiger partial charge in [0, 0.05) is 50.1 Å². The lowest BCUT2D eigenvalue weighted by atomic mass is 9.80. The van der Waals surface area contributed by atoms with Crippen LogP contribution in [0.1, 0.15) is 50.1 Å². The van der Waals surface area contributed by atoms with Gasteiger partial charge in [-0.05, 0) is 82.4 Å². The maximum Gasteiger partial charge on any atom is 0.100 e. The number of rotatable bonds is 3. The lowest BCUT2D eigenvalue weighted by molar-refractivity contribution is 1.52. The van der Waals surface area contributed by atoms with Gasteiger partial charge in [-0.3, -0.25) is 0 Å². The first-order chi connectivity index (χ1) is 32.7. The fourth-order valence-corrected chi connectivity index (χ4v) is 11.3. The first kappa shape index (κ1) is 37.2. The third-order valence-electron chi connectivity index (χ3n) is 13.9. The molecule has 0 saturated heterocycles. The molecule has 0 bridgehead atoms. The van der Waals surface area contributed by atoms with E-state index in [0.29, 0.717) is 16.7 Å². The monoisotopic (exact) mass is 831 g/mol. The van der Waals surface area contributed by atoms with Gasteiger partial charge in [-0.1, -0.05) is 200 Å². The van der Waals surface area contributed by atoms with Crippen LogP contribution in [-0.4, -0.2) is 0 Å². The van der Waals surface area contributed by atoms with E-state index >= 15 is 0 Å². The van der Waals surface area contributed by atoms with E-state index in [1.807, 2.05) is 54.6 Å². The van der Waals surface area contributed by atoms with E-state index in [1.54, 1.807) is 0 Å². The summed E-state index contributed by atoms with van der Waals surface area (Å²) in [7, 11) is 0. The lowest BCUT2D eigenvalue weighted by Gasteiger charge is -2.21. The molecule has 0 spiro atoms. The van der Waals surface area contributed by atoms with Crippen molar-refractivity contribution in [1.82, 2.24) is 0 Å². The van der Waals surface area contributed by atoms with Crippen molar-refractivity contribution in [2.45, 2.75) is 0 Å². The topological polar surface area (TPSA) is 71.4 Å². The standard InChI is InChI=1S/C63H33N3/c64-34-52(43-31-13-19-37-16-1-4-22-40(37)43)55-46-25-7-10-28-49(46)58-61(55)59-50-29-11-8-26-47(50)56(53(35-65)44-32-14-20-38-17-2-5-23-41(38)44)63(59)60-51-30-12-9-27-48(51)57(62(58)60)54(36-66)45-33-15-21-39-18-3-6-24-42(39)45/h1-33H/b55-52+,56-53+,57-54+. The summed E-state index contributed by atoms with van der Waals surface area (Å²) in [5.74, 6) is 0. The Morgan fingerprint density at radius 2 is 0.485 bits per heavy atom. The van der Waals surface area contributed by atoms with Gasteiger partial charge in [0.2, 0.25) is 0 Å². The van der Waals surface area contributed by atoms with Crippen molar-refractivity contribution in [1.29, 1.82) is 15.8 Å². The van der Waals surface area contributed by atoms with Crippen molar-refractivity contribution >= 4 is 65.8 Å². The summed E-state index contributed by atoms with van der Waals surface area (Å²) >= 11 is 0. The predicted octanol–water partition coefficient (Wildman–Crippen LogP) is 15.5. The molecule has 0 saturated carbocycles. The average Bonchev–Trinajstić information content (AvgIpc) is 4.01. The molecule has 10 aromatic rings. The highest BCUT2D eigenvalue weighted by molar-refractivity contribution is 6.31. The van der Waals surface area contributed by atoms with Crippen LogP contribution in [0.25, 0.3) is 99.1 Å².